The first-order valence-corrected chi connectivity index (χ1v) is 12.2. The second-order valence-electron chi connectivity index (χ2n) is 9.66. The fourth-order valence-electron chi connectivity index (χ4n) is 6.01. The van der Waals surface area contributed by atoms with Gasteiger partial charge < -0.3 is 14.2 Å². The molecular formula is C29H26N2O6. The van der Waals surface area contributed by atoms with Gasteiger partial charge in [-0.05, 0) is 35.7 Å². The zero-order valence-electron chi connectivity index (χ0n) is 20.5. The van der Waals surface area contributed by atoms with Gasteiger partial charge in [0.15, 0.2) is 11.5 Å². The molecule has 2 fully saturated rings. The Morgan fingerprint density at radius 1 is 1.00 bits per heavy atom. The number of hydrogen-bond acceptors (Lipinski definition) is 7. The Morgan fingerprint density at radius 2 is 1.73 bits per heavy atom. The predicted octanol–water partition coefficient (Wildman–Crippen LogP) is 3.33. The highest BCUT2D eigenvalue weighted by Gasteiger charge is 2.69. The first-order valence-electron chi connectivity index (χ1n) is 12.2. The van der Waals surface area contributed by atoms with Crippen molar-refractivity contribution in [2.24, 2.45) is 11.8 Å². The summed E-state index contributed by atoms with van der Waals surface area (Å²) in [5.74, 6) is -2.14. The third-order valence-corrected chi connectivity index (χ3v) is 7.67. The van der Waals surface area contributed by atoms with E-state index >= 15 is 0 Å². The van der Waals surface area contributed by atoms with E-state index in [9.17, 15) is 14.4 Å². The highest BCUT2D eigenvalue weighted by Crippen LogP contribution is 2.52. The Hall–Kier alpha value is -4.17. The van der Waals surface area contributed by atoms with Gasteiger partial charge in [0.2, 0.25) is 18.6 Å². The van der Waals surface area contributed by atoms with Gasteiger partial charge in [-0.2, -0.15) is 0 Å². The van der Waals surface area contributed by atoms with Crippen LogP contribution in [0.2, 0.25) is 0 Å². The number of carbonyl (C=O) groups is 3. The molecule has 3 aromatic carbocycles. The van der Waals surface area contributed by atoms with E-state index in [2.05, 4.69) is 5.32 Å². The molecule has 2 amide bonds. The van der Waals surface area contributed by atoms with Crippen molar-refractivity contribution in [3.05, 3.63) is 89.5 Å². The number of aryl methyl sites for hydroxylation is 1. The summed E-state index contributed by atoms with van der Waals surface area (Å²) in [6, 6.07) is 21.6. The molecule has 0 radical (unpaired) electrons. The van der Waals surface area contributed by atoms with Crippen molar-refractivity contribution in [3.63, 3.8) is 0 Å². The maximum Gasteiger partial charge on any atom is 0.327 e. The topological polar surface area (TPSA) is 94.2 Å². The molecule has 3 heterocycles. The van der Waals surface area contributed by atoms with Gasteiger partial charge >= 0.3 is 5.97 Å². The van der Waals surface area contributed by atoms with Gasteiger partial charge in [0, 0.05) is 18.5 Å². The Bertz CT molecular complexity index is 1410. The number of esters is 1. The number of methoxy groups -OCH3 is 1. The van der Waals surface area contributed by atoms with Crippen LogP contribution in [0.25, 0.3) is 0 Å². The molecule has 2 saturated heterocycles. The number of anilines is 1. The minimum atomic E-state index is -1.44. The molecule has 0 spiro atoms. The molecule has 0 saturated carbocycles. The lowest BCUT2D eigenvalue weighted by Gasteiger charge is -2.33. The van der Waals surface area contributed by atoms with Crippen molar-refractivity contribution in [1.82, 2.24) is 5.32 Å². The van der Waals surface area contributed by atoms with Crippen molar-refractivity contribution >= 4 is 23.5 Å². The Kier molecular flexibility index (Phi) is 5.49. The minimum absolute atomic E-state index is 0.0771. The number of nitrogens with zero attached hydrogens (tertiary/aromatic N) is 1. The molecule has 37 heavy (non-hydrogen) atoms. The highest BCUT2D eigenvalue weighted by atomic mass is 16.7. The summed E-state index contributed by atoms with van der Waals surface area (Å²) < 4.78 is 16.2. The number of benzene rings is 3. The number of amides is 2. The van der Waals surface area contributed by atoms with E-state index in [1.807, 2.05) is 61.5 Å². The molecule has 0 bridgehead atoms. The van der Waals surface area contributed by atoms with Crippen molar-refractivity contribution in [2.45, 2.75) is 24.9 Å². The second kappa shape index (κ2) is 8.74. The lowest BCUT2D eigenvalue weighted by Crippen LogP contribution is -2.57. The molecule has 3 aliphatic rings. The lowest BCUT2D eigenvalue weighted by molar-refractivity contribution is -0.152. The molecule has 188 valence electrons. The van der Waals surface area contributed by atoms with Crippen LogP contribution < -0.4 is 19.7 Å². The van der Waals surface area contributed by atoms with Crippen molar-refractivity contribution in [2.75, 3.05) is 18.8 Å². The standard InChI is InChI=1S/C29H26N2O6/c1-17-8-6-7-11-20(17)25-23-24(29(30-25,28(34)35-2)15-18-9-4-3-5-10-18)27(33)31(26(23)32)19-12-13-21-22(14-19)37-16-36-21/h3-14,23-25,30H,15-16H2,1-2H3/t23-,24-,25+,29+/m0/s1. The summed E-state index contributed by atoms with van der Waals surface area (Å²) in [7, 11) is 1.31. The third-order valence-electron chi connectivity index (χ3n) is 7.67. The van der Waals surface area contributed by atoms with Crippen LogP contribution in [0, 0.1) is 18.8 Å². The van der Waals surface area contributed by atoms with Crippen LogP contribution >= 0.6 is 0 Å². The number of imide groups is 1. The van der Waals surface area contributed by atoms with E-state index in [1.54, 1.807) is 18.2 Å². The smallest absolute Gasteiger partial charge is 0.327 e. The summed E-state index contributed by atoms with van der Waals surface area (Å²) in [4.78, 5) is 43.0. The fourth-order valence-corrected chi connectivity index (χ4v) is 6.01. The SMILES string of the molecule is COC(=O)[C@]1(Cc2ccccc2)N[C@H](c2ccccc2C)[C@H]2C(=O)N(c3ccc4c(c3)OCO4)C(=O)[C@H]21. The second-order valence-corrected chi connectivity index (χ2v) is 9.66. The van der Waals surface area contributed by atoms with E-state index in [1.165, 1.54) is 12.0 Å². The van der Waals surface area contributed by atoms with Crippen LogP contribution in [0.1, 0.15) is 22.7 Å². The highest BCUT2D eigenvalue weighted by molar-refractivity contribution is 6.24. The van der Waals surface area contributed by atoms with Crippen molar-refractivity contribution in [3.8, 4) is 11.5 Å². The average molecular weight is 499 g/mol. The molecule has 0 aliphatic carbocycles. The first kappa shape index (κ1) is 23.2. The average Bonchev–Trinajstić information content (AvgIpc) is 3.58. The summed E-state index contributed by atoms with van der Waals surface area (Å²) in [6.45, 7) is 2.03. The van der Waals surface area contributed by atoms with E-state index in [-0.39, 0.29) is 19.1 Å². The molecule has 8 nitrogen and oxygen atoms in total. The van der Waals surface area contributed by atoms with Gasteiger partial charge in [0.05, 0.1) is 24.6 Å². The van der Waals surface area contributed by atoms with Gasteiger partial charge in [-0.15, -0.1) is 0 Å². The van der Waals surface area contributed by atoms with Crippen LogP contribution in [-0.4, -0.2) is 37.2 Å². The van der Waals surface area contributed by atoms with Gasteiger partial charge in [0.25, 0.3) is 0 Å². The quantitative estimate of drug-likeness (QED) is 0.426. The van der Waals surface area contributed by atoms with Crippen LogP contribution in [0.3, 0.4) is 0 Å². The maximum atomic E-state index is 14.2. The summed E-state index contributed by atoms with van der Waals surface area (Å²) >= 11 is 0. The summed E-state index contributed by atoms with van der Waals surface area (Å²) in [6.07, 6.45) is 0.193. The first-order chi connectivity index (χ1) is 17.9. The Balaban J connectivity index is 1.51. The van der Waals surface area contributed by atoms with E-state index < -0.39 is 35.3 Å². The largest absolute Gasteiger partial charge is 0.468 e. The number of nitrogens with one attached hydrogen (secondary N) is 1. The molecule has 4 atom stereocenters. The van der Waals surface area contributed by atoms with Crippen LogP contribution in [0.4, 0.5) is 5.69 Å². The summed E-state index contributed by atoms with van der Waals surface area (Å²) in [5.41, 5.74) is 1.62. The molecule has 1 N–H and O–H groups in total. The van der Waals surface area contributed by atoms with Crippen LogP contribution in [0.15, 0.2) is 72.8 Å². The van der Waals surface area contributed by atoms with E-state index in [0.29, 0.717) is 17.2 Å². The maximum absolute atomic E-state index is 14.2. The fraction of sp³-hybridized carbons (Fsp3) is 0.276. The molecular weight excluding hydrogens is 472 g/mol. The zero-order chi connectivity index (χ0) is 25.7. The Labute approximate surface area is 214 Å². The summed E-state index contributed by atoms with van der Waals surface area (Å²) in [5, 5.41) is 3.45. The molecule has 8 heteroatoms. The normalized spacial score (nSPS) is 25.9. The van der Waals surface area contributed by atoms with Gasteiger partial charge in [-0.3, -0.25) is 19.7 Å². The number of fused-ring (bicyclic) bond motifs is 2. The predicted molar refractivity (Wildman–Crippen MR) is 134 cm³/mol. The third kappa shape index (κ3) is 3.51. The van der Waals surface area contributed by atoms with Gasteiger partial charge in [-0.1, -0.05) is 54.6 Å². The zero-order valence-corrected chi connectivity index (χ0v) is 20.5. The van der Waals surface area contributed by atoms with Gasteiger partial charge in [-0.25, -0.2) is 4.90 Å². The number of ether oxygens (including phenoxy) is 3. The number of carbonyl (C=O) groups excluding carboxylic acids is 3. The number of rotatable bonds is 5. The molecule has 0 unspecified atom stereocenters. The minimum Gasteiger partial charge on any atom is -0.468 e. The number of hydrogen-bond donors (Lipinski definition) is 1. The van der Waals surface area contributed by atoms with Gasteiger partial charge in [0.1, 0.15) is 5.54 Å². The van der Waals surface area contributed by atoms with Crippen LogP contribution in [0.5, 0.6) is 11.5 Å². The molecule has 3 aromatic rings. The van der Waals surface area contributed by atoms with Crippen molar-refractivity contribution in [1.29, 1.82) is 0 Å². The molecule has 0 aromatic heterocycles. The van der Waals surface area contributed by atoms with E-state index in [0.717, 1.165) is 16.7 Å². The molecule has 6 rings (SSSR count). The van der Waals surface area contributed by atoms with Crippen LogP contribution in [-0.2, 0) is 25.5 Å². The molecule has 3 aliphatic heterocycles. The van der Waals surface area contributed by atoms with E-state index in [4.69, 9.17) is 14.2 Å². The monoisotopic (exact) mass is 498 g/mol. The Morgan fingerprint density at radius 3 is 2.49 bits per heavy atom. The van der Waals surface area contributed by atoms with Crippen molar-refractivity contribution < 1.29 is 28.6 Å². The lowest BCUT2D eigenvalue weighted by atomic mass is 9.76.